The summed E-state index contributed by atoms with van der Waals surface area (Å²) in [6, 6.07) is 4.89. The van der Waals surface area contributed by atoms with E-state index in [1.807, 2.05) is 28.2 Å². The van der Waals surface area contributed by atoms with Crippen LogP contribution < -0.4 is 10.5 Å². The van der Waals surface area contributed by atoms with Crippen LogP contribution in [-0.4, -0.2) is 15.9 Å². The normalized spacial score (nSPS) is 11.1. The Balaban J connectivity index is 1.79. The highest BCUT2D eigenvalue weighted by Gasteiger charge is 2.11. The molecule has 2 N–H and O–H groups in total. The van der Waals surface area contributed by atoms with Crippen molar-refractivity contribution in [2.75, 3.05) is 6.54 Å². The molecule has 0 bridgehead atoms. The second-order valence-electron chi connectivity index (χ2n) is 4.38. The number of thiazole rings is 1. The van der Waals surface area contributed by atoms with E-state index < -0.39 is 0 Å². The first-order valence-electron chi connectivity index (χ1n) is 6.29. The summed E-state index contributed by atoms with van der Waals surface area (Å²) in [5.74, 6) is -0.0914. The molecule has 0 atom stereocenters. The van der Waals surface area contributed by atoms with Crippen molar-refractivity contribution in [3.63, 3.8) is 0 Å². The van der Waals surface area contributed by atoms with Crippen molar-refractivity contribution in [3.05, 3.63) is 53.0 Å². The lowest BCUT2D eigenvalue weighted by molar-refractivity contribution is 0.283. The zero-order valence-corrected chi connectivity index (χ0v) is 11.6. The zero-order valence-electron chi connectivity index (χ0n) is 10.8. The van der Waals surface area contributed by atoms with Gasteiger partial charge in [0.2, 0.25) is 0 Å². The summed E-state index contributed by atoms with van der Waals surface area (Å²) in [6.07, 6.45) is 4.40. The van der Waals surface area contributed by atoms with Gasteiger partial charge in [-0.1, -0.05) is 12.1 Å². The summed E-state index contributed by atoms with van der Waals surface area (Å²) in [6.45, 7) is 0.701. The highest BCUT2D eigenvalue weighted by molar-refractivity contribution is 7.15. The van der Waals surface area contributed by atoms with Crippen molar-refractivity contribution in [2.45, 2.75) is 13.0 Å². The standard InChI is InChI=1S/C14H14FN3OS/c15-12-3-1-2-10(4-5-16)13(12)19-9-11-8-18-6-7-20-14(18)17-11/h1-3,6-8H,4-5,9,16H2. The molecule has 2 heterocycles. The van der Waals surface area contributed by atoms with E-state index in [0.717, 1.165) is 16.2 Å². The van der Waals surface area contributed by atoms with E-state index in [0.29, 0.717) is 13.0 Å². The van der Waals surface area contributed by atoms with Gasteiger partial charge in [-0.2, -0.15) is 0 Å². The number of halogens is 1. The Hall–Kier alpha value is -1.92. The summed E-state index contributed by atoms with van der Waals surface area (Å²) in [7, 11) is 0. The predicted molar refractivity (Wildman–Crippen MR) is 76.6 cm³/mol. The molecule has 0 aliphatic heterocycles. The number of ether oxygens (including phenoxy) is 1. The summed E-state index contributed by atoms with van der Waals surface area (Å²) in [5.41, 5.74) is 7.09. The molecule has 2 aromatic heterocycles. The third-order valence-corrected chi connectivity index (χ3v) is 3.74. The minimum Gasteiger partial charge on any atom is -0.484 e. The number of fused-ring (bicyclic) bond motifs is 1. The average molecular weight is 291 g/mol. The summed E-state index contributed by atoms with van der Waals surface area (Å²) in [5, 5.41) is 1.96. The number of imidazole rings is 1. The minimum absolute atomic E-state index is 0.243. The Labute approximate surface area is 119 Å². The molecule has 0 saturated heterocycles. The van der Waals surface area contributed by atoms with Crippen molar-refractivity contribution in [3.8, 4) is 5.75 Å². The van der Waals surface area contributed by atoms with E-state index in [2.05, 4.69) is 4.98 Å². The Morgan fingerprint density at radius 1 is 1.40 bits per heavy atom. The highest BCUT2D eigenvalue weighted by Crippen LogP contribution is 2.24. The topological polar surface area (TPSA) is 52.5 Å². The molecule has 0 aliphatic carbocycles. The lowest BCUT2D eigenvalue weighted by Gasteiger charge is -2.10. The van der Waals surface area contributed by atoms with Crippen molar-refractivity contribution < 1.29 is 9.13 Å². The minimum atomic E-state index is -0.364. The molecule has 0 radical (unpaired) electrons. The van der Waals surface area contributed by atoms with Crippen LogP contribution in [-0.2, 0) is 13.0 Å². The van der Waals surface area contributed by atoms with Crippen molar-refractivity contribution >= 4 is 16.3 Å². The fraction of sp³-hybridized carbons (Fsp3) is 0.214. The number of nitrogens with two attached hydrogens (primary N) is 1. The largest absolute Gasteiger partial charge is 0.484 e. The monoisotopic (exact) mass is 291 g/mol. The van der Waals surface area contributed by atoms with Gasteiger partial charge >= 0.3 is 0 Å². The lowest BCUT2D eigenvalue weighted by atomic mass is 10.1. The van der Waals surface area contributed by atoms with E-state index in [-0.39, 0.29) is 18.2 Å². The summed E-state index contributed by atoms with van der Waals surface area (Å²) >= 11 is 1.55. The van der Waals surface area contributed by atoms with Gasteiger partial charge < -0.3 is 10.5 Å². The van der Waals surface area contributed by atoms with Crippen molar-refractivity contribution in [1.29, 1.82) is 0 Å². The molecule has 6 heteroatoms. The Bertz CT molecular complexity index is 694. The maximum absolute atomic E-state index is 13.8. The van der Waals surface area contributed by atoms with Crippen LogP contribution in [0.5, 0.6) is 5.75 Å². The van der Waals surface area contributed by atoms with Gasteiger partial charge in [-0.3, -0.25) is 4.40 Å². The van der Waals surface area contributed by atoms with Crippen molar-refractivity contribution in [1.82, 2.24) is 9.38 Å². The number of hydrogen-bond donors (Lipinski definition) is 1. The lowest BCUT2D eigenvalue weighted by Crippen LogP contribution is -2.07. The summed E-state index contributed by atoms with van der Waals surface area (Å²) < 4.78 is 21.4. The number of para-hydroxylation sites is 1. The average Bonchev–Trinajstić information content (AvgIpc) is 2.99. The maximum atomic E-state index is 13.8. The molecule has 104 valence electrons. The molecular weight excluding hydrogens is 277 g/mol. The first-order valence-corrected chi connectivity index (χ1v) is 7.17. The molecule has 0 unspecified atom stereocenters. The SMILES string of the molecule is NCCc1cccc(F)c1OCc1cn2ccsc2n1. The van der Waals surface area contributed by atoms with Gasteiger partial charge in [0.15, 0.2) is 16.5 Å². The van der Waals surface area contributed by atoms with Crippen LogP contribution in [0.2, 0.25) is 0 Å². The molecule has 0 fully saturated rings. The molecule has 0 saturated carbocycles. The van der Waals surface area contributed by atoms with Crippen LogP contribution in [0.1, 0.15) is 11.3 Å². The molecule has 3 aromatic rings. The highest BCUT2D eigenvalue weighted by atomic mass is 32.1. The quantitative estimate of drug-likeness (QED) is 0.786. The number of nitrogens with zero attached hydrogens (tertiary/aromatic N) is 2. The van der Waals surface area contributed by atoms with Gasteiger partial charge in [0.05, 0.1) is 5.69 Å². The predicted octanol–water partition coefficient (Wildman–Crippen LogP) is 2.62. The molecule has 3 rings (SSSR count). The Morgan fingerprint density at radius 2 is 2.30 bits per heavy atom. The van der Waals surface area contributed by atoms with Gasteiger partial charge in [-0.05, 0) is 24.6 Å². The van der Waals surface area contributed by atoms with Gasteiger partial charge in [0, 0.05) is 17.8 Å². The van der Waals surface area contributed by atoms with Crippen LogP contribution in [0.3, 0.4) is 0 Å². The van der Waals surface area contributed by atoms with E-state index in [4.69, 9.17) is 10.5 Å². The van der Waals surface area contributed by atoms with E-state index in [1.54, 1.807) is 17.4 Å². The molecule has 0 amide bonds. The molecule has 0 aliphatic rings. The molecule has 4 nitrogen and oxygen atoms in total. The number of benzene rings is 1. The molecule has 20 heavy (non-hydrogen) atoms. The second-order valence-corrected chi connectivity index (χ2v) is 5.25. The number of hydrogen-bond acceptors (Lipinski definition) is 4. The fourth-order valence-electron chi connectivity index (χ4n) is 2.06. The Kier molecular flexibility index (Phi) is 3.66. The van der Waals surface area contributed by atoms with E-state index in [9.17, 15) is 4.39 Å². The smallest absolute Gasteiger partial charge is 0.193 e. The third kappa shape index (κ3) is 2.52. The van der Waals surface area contributed by atoms with Crippen molar-refractivity contribution in [2.24, 2.45) is 5.73 Å². The van der Waals surface area contributed by atoms with Crippen LogP contribution in [0, 0.1) is 5.82 Å². The molecular formula is C14H14FN3OS. The van der Waals surface area contributed by atoms with E-state index in [1.165, 1.54) is 6.07 Å². The first-order chi connectivity index (χ1) is 9.78. The van der Waals surface area contributed by atoms with Crippen LogP contribution >= 0.6 is 11.3 Å². The first kappa shape index (κ1) is 13.1. The Morgan fingerprint density at radius 3 is 3.10 bits per heavy atom. The zero-order chi connectivity index (χ0) is 13.9. The molecule has 1 aromatic carbocycles. The summed E-state index contributed by atoms with van der Waals surface area (Å²) in [4.78, 5) is 5.30. The maximum Gasteiger partial charge on any atom is 0.193 e. The van der Waals surface area contributed by atoms with Gasteiger partial charge in [0.25, 0.3) is 0 Å². The third-order valence-electron chi connectivity index (χ3n) is 2.97. The van der Waals surface area contributed by atoms with Crippen LogP contribution in [0.25, 0.3) is 4.96 Å². The molecule has 0 spiro atoms. The van der Waals surface area contributed by atoms with E-state index >= 15 is 0 Å². The fourth-order valence-corrected chi connectivity index (χ4v) is 2.78. The van der Waals surface area contributed by atoms with Gasteiger partial charge in [-0.15, -0.1) is 11.3 Å². The number of rotatable bonds is 5. The number of aromatic nitrogens is 2. The van der Waals surface area contributed by atoms with Crippen LogP contribution in [0.15, 0.2) is 36.0 Å². The second kappa shape index (κ2) is 5.60. The van der Waals surface area contributed by atoms with Crippen LogP contribution in [0.4, 0.5) is 4.39 Å². The van der Waals surface area contributed by atoms with Gasteiger partial charge in [-0.25, -0.2) is 9.37 Å². The van der Waals surface area contributed by atoms with Gasteiger partial charge in [0.1, 0.15) is 6.61 Å².